The van der Waals surface area contributed by atoms with Crippen LogP contribution in [0.3, 0.4) is 0 Å². The molecule has 0 aliphatic rings. The van der Waals surface area contributed by atoms with E-state index in [0.29, 0.717) is 17.9 Å². The second-order valence-electron chi connectivity index (χ2n) is 7.41. The highest BCUT2D eigenvalue weighted by molar-refractivity contribution is 6.09. The Hall–Kier alpha value is -4.11. The van der Waals surface area contributed by atoms with E-state index in [1.807, 2.05) is 84.9 Å². The third-order valence-electron chi connectivity index (χ3n) is 5.43. The number of fused-ring (bicyclic) bond motifs is 1. The molecule has 0 unspecified atom stereocenters. The van der Waals surface area contributed by atoms with Crippen LogP contribution < -0.4 is 5.32 Å². The SMILES string of the molecule is O=C(NCc1ccccc1)c1c(-c2cccc3ccccc23)coc1-c1ccccc1. The van der Waals surface area contributed by atoms with Gasteiger partial charge in [0.1, 0.15) is 5.76 Å². The lowest BCUT2D eigenvalue weighted by atomic mass is 9.95. The van der Waals surface area contributed by atoms with Crippen molar-refractivity contribution in [1.82, 2.24) is 5.32 Å². The number of hydrogen-bond donors (Lipinski definition) is 1. The summed E-state index contributed by atoms with van der Waals surface area (Å²) in [5.41, 5.74) is 4.25. The van der Waals surface area contributed by atoms with E-state index >= 15 is 0 Å². The lowest BCUT2D eigenvalue weighted by Crippen LogP contribution is -2.23. The van der Waals surface area contributed by atoms with E-state index in [1.165, 1.54) is 0 Å². The zero-order valence-electron chi connectivity index (χ0n) is 16.9. The summed E-state index contributed by atoms with van der Waals surface area (Å²) in [5, 5.41) is 5.28. The zero-order valence-corrected chi connectivity index (χ0v) is 16.9. The zero-order chi connectivity index (χ0) is 21.0. The molecule has 0 aliphatic heterocycles. The topological polar surface area (TPSA) is 42.2 Å². The highest BCUT2D eigenvalue weighted by Gasteiger charge is 2.23. The molecular weight excluding hydrogens is 382 g/mol. The Morgan fingerprint density at radius 3 is 2.19 bits per heavy atom. The van der Waals surface area contributed by atoms with Crippen LogP contribution in [0.4, 0.5) is 0 Å². The van der Waals surface area contributed by atoms with Gasteiger partial charge >= 0.3 is 0 Å². The lowest BCUT2D eigenvalue weighted by Gasteiger charge is -2.10. The number of hydrogen-bond acceptors (Lipinski definition) is 2. The molecule has 3 nitrogen and oxygen atoms in total. The largest absolute Gasteiger partial charge is 0.463 e. The molecule has 1 heterocycles. The van der Waals surface area contributed by atoms with Gasteiger partial charge in [0.25, 0.3) is 5.91 Å². The molecule has 1 N–H and O–H groups in total. The van der Waals surface area contributed by atoms with Crippen LogP contribution in [-0.2, 0) is 6.54 Å². The fourth-order valence-electron chi connectivity index (χ4n) is 3.91. The van der Waals surface area contributed by atoms with E-state index in [-0.39, 0.29) is 5.91 Å². The van der Waals surface area contributed by atoms with Crippen LogP contribution >= 0.6 is 0 Å². The smallest absolute Gasteiger partial charge is 0.256 e. The molecule has 4 aromatic carbocycles. The van der Waals surface area contributed by atoms with Crippen LogP contribution in [0.5, 0.6) is 0 Å². The number of furan rings is 1. The number of benzene rings is 4. The summed E-state index contributed by atoms with van der Waals surface area (Å²) in [7, 11) is 0. The van der Waals surface area contributed by atoms with E-state index in [1.54, 1.807) is 6.26 Å². The molecule has 0 aliphatic carbocycles. The van der Waals surface area contributed by atoms with Gasteiger partial charge in [-0.25, -0.2) is 0 Å². The van der Waals surface area contributed by atoms with Crippen molar-refractivity contribution >= 4 is 16.7 Å². The molecule has 0 radical (unpaired) electrons. The second-order valence-corrected chi connectivity index (χ2v) is 7.41. The Labute approximate surface area is 181 Å². The molecule has 0 fully saturated rings. The summed E-state index contributed by atoms with van der Waals surface area (Å²) in [4.78, 5) is 13.4. The molecule has 5 aromatic rings. The molecule has 3 heteroatoms. The van der Waals surface area contributed by atoms with Gasteiger partial charge < -0.3 is 9.73 Å². The molecule has 1 aromatic heterocycles. The Balaban J connectivity index is 1.62. The molecule has 0 atom stereocenters. The monoisotopic (exact) mass is 403 g/mol. The van der Waals surface area contributed by atoms with Crippen molar-refractivity contribution < 1.29 is 9.21 Å². The van der Waals surface area contributed by atoms with Crippen LogP contribution in [0.25, 0.3) is 33.2 Å². The van der Waals surface area contributed by atoms with Crippen LogP contribution in [0.1, 0.15) is 15.9 Å². The Morgan fingerprint density at radius 2 is 1.39 bits per heavy atom. The number of carbonyl (C=O) groups is 1. The first kappa shape index (κ1) is 18.9. The van der Waals surface area contributed by atoms with Gasteiger partial charge in [0, 0.05) is 17.7 Å². The first-order valence-corrected chi connectivity index (χ1v) is 10.3. The minimum atomic E-state index is -0.153. The number of carbonyl (C=O) groups excluding carboxylic acids is 1. The molecule has 31 heavy (non-hydrogen) atoms. The Kier molecular flexibility index (Phi) is 5.07. The molecule has 0 spiro atoms. The van der Waals surface area contributed by atoms with Gasteiger partial charge in [0.15, 0.2) is 0 Å². The van der Waals surface area contributed by atoms with Gasteiger partial charge in [-0.3, -0.25) is 4.79 Å². The lowest BCUT2D eigenvalue weighted by molar-refractivity contribution is 0.0951. The van der Waals surface area contributed by atoms with Crippen molar-refractivity contribution in [2.75, 3.05) is 0 Å². The van der Waals surface area contributed by atoms with Crippen molar-refractivity contribution in [3.63, 3.8) is 0 Å². The van der Waals surface area contributed by atoms with Crippen LogP contribution in [0, 0.1) is 0 Å². The van der Waals surface area contributed by atoms with Crippen molar-refractivity contribution in [2.24, 2.45) is 0 Å². The Bertz CT molecular complexity index is 1330. The summed E-state index contributed by atoms with van der Waals surface area (Å²) < 4.78 is 6.00. The molecule has 0 saturated heterocycles. The van der Waals surface area contributed by atoms with Crippen LogP contribution in [-0.4, -0.2) is 5.91 Å². The van der Waals surface area contributed by atoms with Crippen molar-refractivity contribution in [3.05, 3.63) is 121 Å². The molecule has 0 saturated carbocycles. The predicted octanol–water partition coefficient (Wildman–Crippen LogP) is 6.70. The van der Waals surface area contributed by atoms with E-state index < -0.39 is 0 Å². The maximum absolute atomic E-state index is 13.4. The van der Waals surface area contributed by atoms with E-state index in [0.717, 1.165) is 33.0 Å². The normalized spacial score (nSPS) is 10.8. The number of amides is 1. The number of rotatable bonds is 5. The third kappa shape index (κ3) is 3.74. The minimum Gasteiger partial charge on any atom is -0.463 e. The van der Waals surface area contributed by atoms with Crippen LogP contribution in [0.15, 0.2) is 114 Å². The standard InChI is InChI=1S/C28H21NO2/c30-28(29-18-20-10-3-1-4-11-20)26-25(19-31-27(26)22-13-5-2-6-14-22)24-17-9-15-21-12-7-8-16-23(21)24/h1-17,19H,18H2,(H,29,30). The average Bonchev–Trinajstić information content (AvgIpc) is 3.28. The summed E-state index contributed by atoms with van der Waals surface area (Å²) in [6.45, 7) is 0.452. The molecular formula is C28H21NO2. The van der Waals surface area contributed by atoms with Crippen molar-refractivity contribution in [3.8, 4) is 22.5 Å². The fourth-order valence-corrected chi connectivity index (χ4v) is 3.91. The molecule has 150 valence electrons. The van der Waals surface area contributed by atoms with E-state index in [9.17, 15) is 4.79 Å². The summed E-state index contributed by atoms with van der Waals surface area (Å²) >= 11 is 0. The van der Waals surface area contributed by atoms with Crippen molar-refractivity contribution in [2.45, 2.75) is 6.54 Å². The quantitative estimate of drug-likeness (QED) is 0.355. The van der Waals surface area contributed by atoms with Gasteiger partial charge in [-0.05, 0) is 21.9 Å². The average molecular weight is 403 g/mol. The van der Waals surface area contributed by atoms with Gasteiger partial charge in [0.05, 0.1) is 11.8 Å². The van der Waals surface area contributed by atoms with Gasteiger partial charge in [-0.1, -0.05) is 103 Å². The number of nitrogens with one attached hydrogen (secondary N) is 1. The first-order valence-electron chi connectivity index (χ1n) is 10.3. The van der Waals surface area contributed by atoms with Crippen LogP contribution in [0.2, 0.25) is 0 Å². The highest BCUT2D eigenvalue weighted by Crippen LogP contribution is 2.37. The molecule has 1 amide bonds. The fraction of sp³-hybridized carbons (Fsp3) is 0.0357. The summed E-state index contributed by atoms with van der Waals surface area (Å²) in [6.07, 6.45) is 1.70. The predicted molar refractivity (Wildman–Crippen MR) is 125 cm³/mol. The van der Waals surface area contributed by atoms with E-state index in [2.05, 4.69) is 23.5 Å². The first-order chi connectivity index (χ1) is 15.3. The maximum atomic E-state index is 13.4. The summed E-state index contributed by atoms with van der Waals surface area (Å²) in [6, 6.07) is 34.0. The van der Waals surface area contributed by atoms with Gasteiger partial charge in [-0.15, -0.1) is 0 Å². The van der Waals surface area contributed by atoms with E-state index in [4.69, 9.17) is 4.42 Å². The second kappa shape index (κ2) is 8.33. The van der Waals surface area contributed by atoms with Gasteiger partial charge in [0.2, 0.25) is 0 Å². The minimum absolute atomic E-state index is 0.153. The van der Waals surface area contributed by atoms with Crippen molar-refractivity contribution in [1.29, 1.82) is 0 Å². The van der Waals surface area contributed by atoms with Gasteiger partial charge in [-0.2, -0.15) is 0 Å². The Morgan fingerprint density at radius 1 is 0.710 bits per heavy atom. The molecule has 0 bridgehead atoms. The molecule has 5 rings (SSSR count). The summed E-state index contributed by atoms with van der Waals surface area (Å²) in [5.74, 6) is 0.425. The maximum Gasteiger partial charge on any atom is 0.256 e. The highest BCUT2D eigenvalue weighted by atomic mass is 16.3. The third-order valence-corrected chi connectivity index (χ3v) is 5.43.